The predicted molar refractivity (Wildman–Crippen MR) is 212 cm³/mol. The van der Waals surface area contributed by atoms with Gasteiger partial charge in [-0.1, -0.05) is 24.0 Å². The number of carbonyl (C=O) groups excluding carboxylic acids is 3. The lowest BCUT2D eigenvalue weighted by molar-refractivity contribution is -0.138. The SMILES string of the molecule is COC(=O)N[C@H](C(=O)N1[C@@H]2C[C@@H]2C[C@H]1c1nc2c(ccc3cc(C#Cc4ccc5nc([C@@H]6C[C@H]7C[C@H]7N6C(=O)OC(C)(C)C)[nH]c5c4)ccc32)[nH]1)C1CCOCC1. The maximum atomic E-state index is 14.3. The van der Waals surface area contributed by atoms with Crippen LogP contribution in [0.15, 0.2) is 48.5 Å². The molecule has 3 saturated heterocycles. The summed E-state index contributed by atoms with van der Waals surface area (Å²) in [6.45, 7) is 6.82. The van der Waals surface area contributed by atoms with Crippen LogP contribution in [0.4, 0.5) is 9.59 Å². The first-order valence-electron chi connectivity index (χ1n) is 20.2. The number of aromatic nitrogens is 4. The molecule has 7 atom stereocenters. The second-order valence-electron chi connectivity index (χ2n) is 17.4. The summed E-state index contributed by atoms with van der Waals surface area (Å²) in [6.07, 6.45) is 4.26. The van der Waals surface area contributed by atoms with Gasteiger partial charge in [-0.15, -0.1) is 0 Å². The second-order valence-corrected chi connectivity index (χ2v) is 17.4. The Hall–Kier alpha value is -5.61. The molecule has 3 aromatic carbocycles. The maximum Gasteiger partial charge on any atom is 0.411 e. The summed E-state index contributed by atoms with van der Waals surface area (Å²) < 4.78 is 16.2. The van der Waals surface area contributed by atoms with Crippen LogP contribution in [0.2, 0.25) is 0 Å². The average molecular weight is 770 g/mol. The highest BCUT2D eigenvalue weighted by Gasteiger charge is 2.57. The van der Waals surface area contributed by atoms with E-state index in [1.807, 2.05) is 60.9 Å². The van der Waals surface area contributed by atoms with Crippen LogP contribution in [0.3, 0.4) is 0 Å². The third kappa shape index (κ3) is 6.63. The molecule has 13 heteroatoms. The van der Waals surface area contributed by atoms with Crippen LogP contribution in [0.5, 0.6) is 0 Å². The van der Waals surface area contributed by atoms with Crippen molar-refractivity contribution in [1.29, 1.82) is 0 Å². The molecular weight excluding hydrogens is 723 g/mol. The molecule has 0 spiro atoms. The maximum absolute atomic E-state index is 14.3. The number of imidazole rings is 2. The molecule has 294 valence electrons. The number of alkyl carbamates (subject to hydrolysis) is 1. The number of H-pyrrole nitrogens is 2. The zero-order valence-corrected chi connectivity index (χ0v) is 32.6. The molecule has 5 aromatic rings. The molecule has 13 nitrogen and oxygen atoms in total. The van der Waals surface area contributed by atoms with Crippen molar-refractivity contribution in [1.82, 2.24) is 35.1 Å². The van der Waals surface area contributed by atoms with Crippen molar-refractivity contribution in [2.45, 2.75) is 95.1 Å². The van der Waals surface area contributed by atoms with E-state index < -0.39 is 17.7 Å². The van der Waals surface area contributed by atoms with E-state index in [0.29, 0.717) is 37.9 Å². The quantitative estimate of drug-likeness (QED) is 0.164. The first-order valence-corrected chi connectivity index (χ1v) is 20.2. The topological polar surface area (TPSA) is 155 Å². The Labute approximate surface area is 330 Å². The molecule has 57 heavy (non-hydrogen) atoms. The summed E-state index contributed by atoms with van der Waals surface area (Å²) in [5.74, 6) is 9.07. The van der Waals surface area contributed by atoms with Crippen LogP contribution in [-0.2, 0) is 19.0 Å². The number of rotatable bonds is 5. The van der Waals surface area contributed by atoms with Crippen molar-refractivity contribution >= 4 is 50.9 Å². The van der Waals surface area contributed by atoms with E-state index in [9.17, 15) is 14.4 Å². The molecule has 2 aliphatic carbocycles. The number of piperidine rings is 2. The highest BCUT2D eigenvalue weighted by molar-refractivity contribution is 6.04. The number of hydrogen-bond donors (Lipinski definition) is 3. The van der Waals surface area contributed by atoms with Gasteiger partial charge >= 0.3 is 12.2 Å². The van der Waals surface area contributed by atoms with Gasteiger partial charge in [0.2, 0.25) is 5.91 Å². The number of fused-ring (bicyclic) bond motifs is 6. The van der Waals surface area contributed by atoms with Crippen molar-refractivity contribution in [2.24, 2.45) is 17.8 Å². The molecule has 2 saturated carbocycles. The first-order chi connectivity index (χ1) is 27.5. The van der Waals surface area contributed by atoms with E-state index in [1.54, 1.807) is 0 Å². The lowest BCUT2D eigenvalue weighted by atomic mass is 9.90. The number of nitrogens with zero attached hydrogens (tertiary/aromatic N) is 4. The van der Waals surface area contributed by atoms with E-state index in [2.05, 4.69) is 45.3 Å². The molecule has 3 amide bonds. The third-order valence-electron chi connectivity index (χ3n) is 12.5. The number of aromatic amines is 2. The molecule has 2 aromatic heterocycles. The van der Waals surface area contributed by atoms with E-state index >= 15 is 0 Å². The fourth-order valence-corrected chi connectivity index (χ4v) is 9.54. The molecule has 0 unspecified atom stereocenters. The van der Waals surface area contributed by atoms with Crippen LogP contribution in [-0.4, -0.2) is 91.9 Å². The monoisotopic (exact) mass is 769 g/mol. The van der Waals surface area contributed by atoms with E-state index in [-0.39, 0.29) is 42.1 Å². The molecule has 5 aliphatic rings. The summed E-state index contributed by atoms with van der Waals surface area (Å²) in [7, 11) is 1.32. The van der Waals surface area contributed by atoms with Gasteiger partial charge in [-0.3, -0.25) is 9.69 Å². The minimum Gasteiger partial charge on any atom is -0.453 e. The fraction of sp³-hybridized carbons (Fsp3) is 0.477. The standard InChI is InChI=1S/C44H47N7O6/c1-44(2,3)57-43(54)51-34-20-28(34)22-36(51)39-45-30-11-8-24(18-32(30)47-39)6-5-23-7-10-29-26(17-23)9-12-31-38(29)48-40(46-31)35-21-27-19-33(27)50(35)41(52)37(49-42(53)55-4)25-13-15-56-16-14-25/h7-12,17-18,25,27-28,33-37H,13-16,19-22H2,1-4H3,(H,45,47)(H,46,48)(H,49,53)/t27-,28-,33-,34-,35+,36+,37+/m1/s1. The number of hydrogen-bond acceptors (Lipinski definition) is 8. The smallest absolute Gasteiger partial charge is 0.411 e. The zero-order valence-electron chi connectivity index (χ0n) is 32.6. The number of nitrogens with one attached hydrogen (secondary N) is 3. The summed E-state index contributed by atoms with van der Waals surface area (Å²) in [6, 6.07) is 15.6. The van der Waals surface area contributed by atoms with Crippen LogP contribution in [0.25, 0.3) is 32.8 Å². The molecule has 5 heterocycles. The number of methoxy groups -OCH3 is 1. The summed E-state index contributed by atoms with van der Waals surface area (Å²) in [4.78, 5) is 60.7. The molecule has 0 bridgehead atoms. The Morgan fingerprint density at radius 3 is 2.25 bits per heavy atom. The van der Waals surface area contributed by atoms with Gasteiger partial charge in [0.15, 0.2) is 0 Å². The largest absolute Gasteiger partial charge is 0.453 e. The zero-order chi connectivity index (χ0) is 39.2. The minimum atomic E-state index is -0.675. The third-order valence-corrected chi connectivity index (χ3v) is 12.5. The van der Waals surface area contributed by atoms with Gasteiger partial charge in [0.05, 0.1) is 41.3 Å². The number of carbonyl (C=O) groups is 3. The van der Waals surface area contributed by atoms with Gasteiger partial charge in [0.1, 0.15) is 23.3 Å². The normalized spacial score (nSPS) is 25.8. The van der Waals surface area contributed by atoms with Gasteiger partial charge in [-0.2, -0.15) is 0 Å². The van der Waals surface area contributed by atoms with Crippen LogP contribution < -0.4 is 5.32 Å². The van der Waals surface area contributed by atoms with Crippen molar-refractivity contribution in [2.75, 3.05) is 20.3 Å². The van der Waals surface area contributed by atoms with Gasteiger partial charge in [-0.25, -0.2) is 19.6 Å². The first kappa shape index (κ1) is 35.8. The van der Waals surface area contributed by atoms with Crippen LogP contribution in [0.1, 0.15) is 94.2 Å². The number of benzene rings is 3. The van der Waals surface area contributed by atoms with Crippen molar-refractivity contribution in [3.63, 3.8) is 0 Å². The summed E-state index contributed by atoms with van der Waals surface area (Å²) in [5, 5.41) is 4.89. The second kappa shape index (κ2) is 13.5. The Morgan fingerprint density at radius 1 is 0.842 bits per heavy atom. The van der Waals surface area contributed by atoms with Crippen LogP contribution >= 0.6 is 0 Å². The van der Waals surface area contributed by atoms with Gasteiger partial charge in [0, 0.05) is 41.8 Å². The van der Waals surface area contributed by atoms with E-state index in [1.165, 1.54) is 7.11 Å². The minimum absolute atomic E-state index is 0.0207. The van der Waals surface area contributed by atoms with E-state index in [4.69, 9.17) is 24.2 Å². The van der Waals surface area contributed by atoms with Gasteiger partial charge in [0.25, 0.3) is 0 Å². The van der Waals surface area contributed by atoms with Crippen molar-refractivity contribution in [3.8, 4) is 11.8 Å². The Balaban J connectivity index is 0.880. The lowest BCUT2D eigenvalue weighted by Crippen LogP contribution is -2.54. The number of ether oxygens (including phenoxy) is 3. The Morgan fingerprint density at radius 2 is 1.51 bits per heavy atom. The molecule has 0 radical (unpaired) electrons. The molecule has 5 fully saturated rings. The van der Waals surface area contributed by atoms with Crippen LogP contribution in [0, 0.1) is 29.6 Å². The molecule has 10 rings (SSSR count). The number of likely N-dealkylation sites (tertiary alicyclic amines) is 2. The Kier molecular flexibility index (Phi) is 8.48. The fourth-order valence-electron chi connectivity index (χ4n) is 9.54. The van der Waals surface area contributed by atoms with Crippen molar-refractivity contribution in [3.05, 3.63) is 71.3 Å². The summed E-state index contributed by atoms with van der Waals surface area (Å²) in [5.41, 5.74) is 4.68. The molecule has 3 aliphatic heterocycles. The van der Waals surface area contributed by atoms with Crippen molar-refractivity contribution < 1.29 is 28.6 Å². The summed E-state index contributed by atoms with van der Waals surface area (Å²) >= 11 is 0. The molecular formula is C44H47N7O6. The Bertz CT molecular complexity index is 2500. The average Bonchev–Trinajstić information content (AvgIpc) is 3.85. The van der Waals surface area contributed by atoms with Gasteiger partial charge < -0.3 is 34.4 Å². The van der Waals surface area contributed by atoms with Gasteiger partial charge in [-0.05, 0) is 119 Å². The predicted octanol–water partition coefficient (Wildman–Crippen LogP) is 6.88. The highest BCUT2D eigenvalue weighted by Crippen LogP contribution is 2.55. The van der Waals surface area contributed by atoms with E-state index in [0.717, 1.165) is 81.3 Å². The lowest BCUT2D eigenvalue weighted by Gasteiger charge is -2.35. The number of amides is 3. The highest BCUT2D eigenvalue weighted by atomic mass is 16.6. The molecule has 3 N–H and O–H groups in total.